The Kier molecular flexibility index (Phi) is 5.31. The van der Waals surface area contributed by atoms with Gasteiger partial charge in [0.2, 0.25) is 0 Å². The van der Waals surface area contributed by atoms with E-state index in [0.717, 1.165) is 21.1 Å². The van der Waals surface area contributed by atoms with Crippen molar-refractivity contribution >= 4 is 27.5 Å². The normalized spacial score (nSPS) is 23.1. The lowest BCUT2D eigenvalue weighted by Crippen LogP contribution is -2.53. The molecule has 7 nitrogen and oxygen atoms in total. The van der Waals surface area contributed by atoms with Crippen LogP contribution in [0.5, 0.6) is 0 Å². The number of rotatable bonds is 4. The summed E-state index contributed by atoms with van der Waals surface area (Å²) in [6, 6.07) is 14.5. The molecule has 2 amide bonds. The Morgan fingerprint density at radius 1 is 1.11 bits per heavy atom. The number of hydrogen-bond donors (Lipinski definition) is 0. The Morgan fingerprint density at radius 2 is 1.83 bits per heavy atom. The fourth-order valence-corrected chi connectivity index (χ4v) is 6.61. The number of nitrogens with zero attached hydrogens (tertiary/aromatic N) is 4. The molecule has 8 heteroatoms. The third-order valence-corrected chi connectivity index (χ3v) is 8.71. The zero-order chi connectivity index (χ0) is 25.9. The Hall–Kier alpha value is -3.96. The summed E-state index contributed by atoms with van der Waals surface area (Å²) < 4.78 is 28.8. The maximum Gasteiger partial charge on any atom is 0.340 e. The minimum Gasteiger partial charge on any atom is -0.276 e. The standard InChI is InChI=1S/C28H26N4O3S/c1-19-7-5-8-23(17-19)36(34,35)32-25-10-6-9-24-28(25,16-15-20(2)30-24)31(26(32)33)22-13-11-21(12-14-22)27(3,4)18-29/h5-17,25H,1-4H3. The van der Waals surface area contributed by atoms with Crippen molar-refractivity contribution in [3.05, 3.63) is 95.7 Å². The lowest BCUT2D eigenvalue weighted by atomic mass is 9.80. The first-order valence-electron chi connectivity index (χ1n) is 11.6. The number of sulfonamides is 1. The number of allylic oxidation sites excluding steroid dienone is 3. The average molecular weight is 499 g/mol. The molecule has 182 valence electrons. The number of hydrogen-bond acceptors (Lipinski definition) is 5. The number of dihydropyridines is 1. The van der Waals surface area contributed by atoms with Crippen molar-refractivity contribution in [2.45, 2.75) is 49.6 Å². The molecule has 0 radical (unpaired) electrons. The molecule has 2 atom stereocenters. The molecule has 3 aliphatic rings. The fraction of sp³-hybridized carbons (Fsp3) is 0.250. The van der Waals surface area contributed by atoms with Gasteiger partial charge in [-0.05, 0) is 81.3 Å². The molecule has 0 bridgehead atoms. The van der Waals surface area contributed by atoms with Gasteiger partial charge in [-0.2, -0.15) is 5.26 Å². The highest BCUT2D eigenvalue weighted by atomic mass is 32.2. The van der Waals surface area contributed by atoms with Crippen molar-refractivity contribution in [2.75, 3.05) is 4.90 Å². The molecule has 36 heavy (non-hydrogen) atoms. The summed E-state index contributed by atoms with van der Waals surface area (Å²) in [5.41, 5.74) is 1.60. The highest BCUT2D eigenvalue weighted by Gasteiger charge is 2.62. The van der Waals surface area contributed by atoms with Crippen LogP contribution in [0.25, 0.3) is 0 Å². The van der Waals surface area contributed by atoms with Gasteiger partial charge in [0.15, 0.2) is 0 Å². The highest BCUT2D eigenvalue weighted by Crippen LogP contribution is 2.49. The summed E-state index contributed by atoms with van der Waals surface area (Å²) >= 11 is 0. The van der Waals surface area contributed by atoms with E-state index >= 15 is 0 Å². The molecule has 0 N–H and O–H groups in total. The van der Waals surface area contributed by atoms with Crippen LogP contribution in [0.15, 0.2) is 94.5 Å². The molecule has 2 aliphatic heterocycles. The predicted octanol–water partition coefficient (Wildman–Crippen LogP) is 5.02. The maximum absolute atomic E-state index is 14.1. The van der Waals surface area contributed by atoms with Crippen LogP contribution < -0.4 is 4.90 Å². The summed E-state index contributed by atoms with van der Waals surface area (Å²) in [5, 5.41) is 9.53. The molecule has 2 heterocycles. The van der Waals surface area contributed by atoms with Gasteiger partial charge >= 0.3 is 6.03 Å². The summed E-state index contributed by atoms with van der Waals surface area (Å²) in [6.45, 7) is 7.31. The third-order valence-electron chi connectivity index (χ3n) is 6.96. The van der Waals surface area contributed by atoms with Crippen LogP contribution >= 0.6 is 0 Å². The molecular weight excluding hydrogens is 472 g/mol. The first-order chi connectivity index (χ1) is 17.0. The van der Waals surface area contributed by atoms with E-state index in [-0.39, 0.29) is 4.90 Å². The van der Waals surface area contributed by atoms with E-state index in [1.165, 1.54) is 11.0 Å². The number of aliphatic imine (C=N–C) groups is 1. The molecule has 1 spiro atoms. The van der Waals surface area contributed by atoms with Gasteiger partial charge < -0.3 is 0 Å². The number of urea groups is 1. The van der Waals surface area contributed by atoms with Crippen molar-refractivity contribution in [2.24, 2.45) is 4.99 Å². The van der Waals surface area contributed by atoms with Gasteiger partial charge in [0, 0.05) is 11.4 Å². The van der Waals surface area contributed by atoms with Crippen molar-refractivity contribution in [1.29, 1.82) is 5.26 Å². The number of amides is 2. The first-order valence-corrected chi connectivity index (χ1v) is 13.1. The molecule has 1 fully saturated rings. The van der Waals surface area contributed by atoms with Crippen molar-refractivity contribution in [3.63, 3.8) is 0 Å². The molecule has 2 unspecified atom stereocenters. The zero-order valence-corrected chi connectivity index (χ0v) is 21.3. The van der Waals surface area contributed by atoms with E-state index in [4.69, 9.17) is 4.99 Å². The van der Waals surface area contributed by atoms with E-state index in [2.05, 4.69) is 6.07 Å². The maximum atomic E-state index is 14.1. The SMILES string of the molecule is CC1=NC2=CC=CC3N(S(=O)(=O)c4cccc(C)c4)C(=O)N(c4ccc(C(C)(C)C#N)cc4)C23C=C1. The van der Waals surface area contributed by atoms with Crippen LogP contribution in [0.1, 0.15) is 31.9 Å². The van der Waals surface area contributed by atoms with Crippen LogP contribution in [0.3, 0.4) is 0 Å². The highest BCUT2D eigenvalue weighted by molar-refractivity contribution is 7.89. The van der Waals surface area contributed by atoms with Gasteiger partial charge in [0.25, 0.3) is 10.0 Å². The Balaban J connectivity index is 1.71. The Bertz CT molecular complexity index is 1540. The molecule has 2 aromatic carbocycles. The predicted molar refractivity (Wildman–Crippen MR) is 139 cm³/mol. The molecule has 2 aromatic rings. The first kappa shape index (κ1) is 23.8. The Morgan fingerprint density at radius 3 is 2.50 bits per heavy atom. The topological polar surface area (TPSA) is 93.8 Å². The van der Waals surface area contributed by atoms with Crippen LogP contribution in [0, 0.1) is 18.3 Å². The number of anilines is 1. The average Bonchev–Trinajstić information content (AvgIpc) is 3.12. The van der Waals surface area contributed by atoms with Gasteiger partial charge in [-0.1, -0.05) is 36.4 Å². The number of aryl methyl sites for hydroxylation is 1. The molecular formula is C28H26N4O3S. The van der Waals surface area contributed by atoms with E-state index in [9.17, 15) is 18.5 Å². The van der Waals surface area contributed by atoms with E-state index in [0.29, 0.717) is 11.4 Å². The van der Waals surface area contributed by atoms with E-state index < -0.39 is 33.1 Å². The van der Waals surface area contributed by atoms with Gasteiger partial charge in [0.05, 0.1) is 22.1 Å². The van der Waals surface area contributed by atoms with E-state index in [1.807, 2.05) is 52.0 Å². The number of nitriles is 1. The molecule has 1 saturated heterocycles. The molecule has 1 aliphatic carbocycles. The Labute approximate surface area is 211 Å². The molecule has 0 saturated carbocycles. The number of carbonyl (C=O) groups excluding carboxylic acids is 1. The lowest BCUT2D eigenvalue weighted by molar-refractivity contribution is 0.236. The van der Waals surface area contributed by atoms with Gasteiger partial charge in [0.1, 0.15) is 11.6 Å². The number of benzene rings is 2. The van der Waals surface area contributed by atoms with Gasteiger partial charge in [-0.25, -0.2) is 17.5 Å². The summed E-state index contributed by atoms with van der Waals surface area (Å²) in [6.07, 6.45) is 9.00. The molecule has 0 aromatic heterocycles. The second-order valence-corrected chi connectivity index (χ2v) is 11.6. The smallest absolute Gasteiger partial charge is 0.276 e. The van der Waals surface area contributed by atoms with E-state index in [1.54, 1.807) is 48.6 Å². The minimum absolute atomic E-state index is 0.0583. The quantitative estimate of drug-likeness (QED) is 0.592. The third kappa shape index (κ3) is 3.34. The van der Waals surface area contributed by atoms with Crippen molar-refractivity contribution in [3.8, 4) is 6.07 Å². The number of carbonyl (C=O) groups is 1. The fourth-order valence-electron chi connectivity index (χ4n) is 4.98. The minimum atomic E-state index is -4.19. The van der Waals surface area contributed by atoms with Crippen LogP contribution in [0.2, 0.25) is 0 Å². The zero-order valence-electron chi connectivity index (χ0n) is 20.5. The summed E-state index contributed by atoms with van der Waals surface area (Å²) in [7, 11) is -4.19. The second-order valence-electron chi connectivity index (χ2n) is 9.81. The monoisotopic (exact) mass is 498 g/mol. The van der Waals surface area contributed by atoms with Crippen LogP contribution in [-0.2, 0) is 15.4 Å². The second kappa shape index (κ2) is 8.04. The van der Waals surface area contributed by atoms with Crippen molar-refractivity contribution in [1.82, 2.24) is 4.31 Å². The van der Waals surface area contributed by atoms with Crippen LogP contribution in [-0.4, -0.2) is 36.0 Å². The summed E-state index contributed by atoms with van der Waals surface area (Å²) in [4.78, 5) is 20.4. The summed E-state index contributed by atoms with van der Waals surface area (Å²) in [5.74, 6) is 0. The van der Waals surface area contributed by atoms with Gasteiger partial charge in [-0.15, -0.1) is 0 Å². The molecule has 5 rings (SSSR count). The van der Waals surface area contributed by atoms with Gasteiger partial charge in [-0.3, -0.25) is 9.89 Å². The lowest BCUT2D eigenvalue weighted by Gasteiger charge is -2.41. The largest absolute Gasteiger partial charge is 0.340 e. The van der Waals surface area contributed by atoms with Crippen molar-refractivity contribution < 1.29 is 13.2 Å². The van der Waals surface area contributed by atoms with Crippen LogP contribution in [0.4, 0.5) is 10.5 Å².